The van der Waals surface area contributed by atoms with Gasteiger partial charge in [-0.25, -0.2) is 17.9 Å². The average Bonchev–Trinajstić information content (AvgIpc) is 3.33. The molecule has 2 heterocycles. The molecule has 3 aromatic rings. The number of nitrogens with zero attached hydrogens (tertiary/aromatic N) is 5. The number of hydrogen-bond acceptors (Lipinski definition) is 9. The monoisotopic (exact) mass is 474 g/mol. The smallest absolute Gasteiger partial charge is 0.335 e. The molecular weight excluding hydrogens is 452 g/mol. The van der Waals surface area contributed by atoms with Crippen molar-refractivity contribution >= 4 is 27.4 Å². The highest BCUT2D eigenvalue weighted by Gasteiger charge is 2.26. The summed E-state index contributed by atoms with van der Waals surface area (Å²) in [5.74, 6) is -1.27. The fourth-order valence-corrected chi connectivity index (χ4v) is 4.96. The number of aliphatic hydroxyl groups is 1. The fraction of sp³-hybridized carbons (Fsp3) is 0.300. The molecule has 1 fully saturated rings. The summed E-state index contributed by atoms with van der Waals surface area (Å²) in [5.41, 5.74) is 1.09. The first-order chi connectivity index (χ1) is 15.8. The van der Waals surface area contributed by atoms with E-state index in [1.165, 1.54) is 30.3 Å². The number of aliphatic hydroxyl groups excluding tert-OH is 1. The lowest BCUT2D eigenvalue weighted by atomic mass is 10.1. The highest BCUT2D eigenvalue weighted by Crippen LogP contribution is 2.34. The molecule has 1 saturated heterocycles. The maximum atomic E-state index is 13.4. The number of carboxylic acids is 1. The number of carbonyl (C=O) groups is 1. The Labute approximate surface area is 189 Å². The molecule has 2 aromatic carbocycles. The molecule has 174 valence electrons. The molecule has 3 N–H and O–H groups in total. The molecule has 0 unspecified atom stereocenters. The normalized spacial score (nSPS) is 16.4. The second kappa shape index (κ2) is 9.03. The molecule has 0 amide bonds. The summed E-state index contributed by atoms with van der Waals surface area (Å²) in [6.45, 7) is 0.977. The number of benzene rings is 2. The van der Waals surface area contributed by atoms with Gasteiger partial charge in [0.2, 0.25) is 0 Å². The number of hydrogen-bond donors (Lipinski definition) is 3. The number of carboxylic acid groups (broad SMARTS) is 1. The summed E-state index contributed by atoms with van der Waals surface area (Å²) in [6, 6.07) is 8.61. The van der Waals surface area contributed by atoms with Gasteiger partial charge in [-0.1, -0.05) is 0 Å². The number of sulfonamides is 1. The van der Waals surface area contributed by atoms with Crippen molar-refractivity contribution in [1.82, 2.24) is 20.2 Å². The van der Waals surface area contributed by atoms with E-state index in [0.29, 0.717) is 30.9 Å². The van der Waals surface area contributed by atoms with E-state index in [2.05, 4.69) is 20.2 Å². The van der Waals surface area contributed by atoms with Crippen molar-refractivity contribution in [3.05, 3.63) is 48.3 Å². The molecule has 0 radical (unpaired) electrons. The van der Waals surface area contributed by atoms with Crippen LogP contribution >= 0.6 is 0 Å². The Morgan fingerprint density at radius 1 is 1.24 bits per heavy atom. The lowest BCUT2D eigenvalue weighted by Crippen LogP contribution is -2.38. The van der Waals surface area contributed by atoms with Crippen LogP contribution in [0.5, 0.6) is 5.75 Å². The maximum absolute atomic E-state index is 13.4. The summed E-state index contributed by atoms with van der Waals surface area (Å²) in [4.78, 5) is 13.0. The first-order valence-corrected chi connectivity index (χ1v) is 11.5. The van der Waals surface area contributed by atoms with E-state index in [0.717, 1.165) is 12.5 Å². The van der Waals surface area contributed by atoms with Crippen molar-refractivity contribution < 1.29 is 28.2 Å². The third kappa shape index (κ3) is 4.73. The molecule has 4 rings (SSSR count). The molecule has 0 spiro atoms. The van der Waals surface area contributed by atoms with Crippen molar-refractivity contribution in [2.24, 2.45) is 0 Å². The number of methoxy groups -OCH3 is 1. The van der Waals surface area contributed by atoms with Crippen LogP contribution in [0.15, 0.2) is 47.6 Å². The van der Waals surface area contributed by atoms with Crippen LogP contribution in [-0.2, 0) is 10.0 Å². The second-order valence-electron chi connectivity index (χ2n) is 7.47. The van der Waals surface area contributed by atoms with E-state index in [4.69, 9.17) is 4.74 Å². The van der Waals surface area contributed by atoms with Crippen molar-refractivity contribution in [2.75, 3.05) is 29.8 Å². The molecule has 1 aromatic heterocycles. The van der Waals surface area contributed by atoms with Crippen LogP contribution in [0.25, 0.3) is 5.69 Å². The maximum Gasteiger partial charge on any atom is 0.335 e. The van der Waals surface area contributed by atoms with Gasteiger partial charge in [-0.15, -0.1) is 5.10 Å². The van der Waals surface area contributed by atoms with Crippen LogP contribution in [0.4, 0.5) is 11.4 Å². The van der Waals surface area contributed by atoms with E-state index >= 15 is 0 Å². The zero-order valence-corrected chi connectivity index (χ0v) is 18.4. The van der Waals surface area contributed by atoms with E-state index < -0.39 is 22.1 Å². The number of anilines is 2. The lowest BCUT2D eigenvalue weighted by molar-refractivity contribution is 0.0696. The summed E-state index contributed by atoms with van der Waals surface area (Å²) in [5, 5.41) is 30.5. The third-order valence-electron chi connectivity index (χ3n) is 5.28. The Kier molecular flexibility index (Phi) is 6.16. The van der Waals surface area contributed by atoms with Gasteiger partial charge in [-0.05, 0) is 59.7 Å². The van der Waals surface area contributed by atoms with E-state index in [1.807, 2.05) is 4.90 Å². The zero-order chi connectivity index (χ0) is 23.6. The third-order valence-corrected chi connectivity index (χ3v) is 6.66. The van der Waals surface area contributed by atoms with Crippen LogP contribution in [0.2, 0.25) is 0 Å². The summed E-state index contributed by atoms with van der Waals surface area (Å²) in [6.07, 6.45) is 2.25. The van der Waals surface area contributed by atoms with Gasteiger partial charge in [0.05, 0.1) is 35.8 Å². The first-order valence-electron chi connectivity index (χ1n) is 10.0. The van der Waals surface area contributed by atoms with Gasteiger partial charge in [0.25, 0.3) is 10.0 Å². The standard InChI is InChI=1S/C20H22N6O6S/c1-32-18-7-4-13(20(28)29)9-19(18)33(30,31)22-16-10-14(26-12-21-23-24-26)5-6-17(16)25-8-2-3-15(27)11-25/h4-7,9-10,12,15,22,27H,2-3,8,11H2,1H3,(H,28,29)/t15-/m0/s1. The quantitative estimate of drug-likeness (QED) is 0.453. The number of ether oxygens (including phenoxy) is 1. The molecule has 0 saturated carbocycles. The van der Waals surface area contributed by atoms with Crippen LogP contribution < -0.4 is 14.4 Å². The first kappa shape index (κ1) is 22.5. The van der Waals surface area contributed by atoms with Crippen LogP contribution in [0.3, 0.4) is 0 Å². The average molecular weight is 474 g/mol. The largest absolute Gasteiger partial charge is 0.495 e. The van der Waals surface area contributed by atoms with Gasteiger partial charge in [-0.2, -0.15) is 0 Å². The molecule has 1 atom stereocenters. The Balaban J connectivity index is 1.79. The van der Waals surface area contributed by atoms with Gasteiger partial charge in [0.1, 0.15) is 17.0 Å². The molecule has 33 heavy (non-hydrogen) atoms. The molecule has 12 nitrogen and oxygen atoms in total. The van der Waals surface area contributed by atoms with Gasteiger partial charge in [-0.3, -0.25) is 4.72 Å². The Bertz CT molecular complexity index is 1260. The minimum Gasteiger partial charge on any atom is -0.495 e. The second-order valence-corrected chi connectivity index (χ2v) is 9.13. The number of rotatable bonds is 7. The van der Waals surface area contributed by atoms with E-state index in [1.54, 1.807) is 18.2 Å². The van der Waals surface area contributed by atoms with Crippen LogP contribution in [0.1, 0.15) is 23.2 Å². The number of tetrazole rings is 1. The molecular formula is C20H22N6O6S. The summed E-state index contributed by atoms with van der Waals surface area (Å²) in [7, 11) is -2.96. The van der Waals surface area contributed by atoms with Crippen LogP contribution in [0, 0.1) is 0 Å². The SMILES string of the molecule is COc1ccc(C(=O)O)cc1S(=O)(=O)Nc1cc(-n2cnnn2)ccc1N1CCC[C@H](O)C1. The number of nitrogens with one attached hydrogen (secondary N) is 1. The summed E-state index contributed by atoms with van der Waals surface area (Å²) >= 11 is 0. The summed E-state index contributed by atoms with van der Waals surface area (Å²) < 4.78 is 35.8. The fourth-order valence-electron chi connectivity index (χ4n) is 3.70. The highest BCUT2D eigenvalue weighted by atomic mass is 32.2. The van der Waals surface area contributed by atoms with Crippen molar-refractivity contribution in [1.29, 1.82) is 0 Å². The minimum atomic E-state index is -4.26. The van der Waals surface area contributed by atoms with Gasteiger partial charge in [0, 0.05) is 13.1 Å². The molecule has 0 bridgehead atoms. The Hall–Kier alpha value is -3.71. The van der Waals surface area contributed by atoms with Gasteiger partial charge < -0.3 is 19.8 Å². The zero-order valence-electron chi connectivity index (χ0n) is 17.6. The van der Waals surface area contributed by atoms with Crippen molar-refractivity contribution in [3.8, 4) is 11.4 Å². The van der Waals surface area contributed by atoms with Gasteiger partial charge in [0.15, 0.2) is 0 Å². The molecule has 1 aliphatic heterocycles. The number of piperidine rings is 1. The highest BCUT2D eigenvalue weighted by molar-refractivity contribution is 7.92. The number of aromatic carboxylic acids is 1. The molecule has 1 aliphatic rings. The van der Waals surface area contributed by atoms with Crippen molar-refractivity contribution in [3.63, 3.8) is 0 Å². The van der Waals surface area contributed by atoms with Crippen molar-refractivity contribution in [2.45, 2.75) is 23.8 Å². The molecule has 13 heteroatoms. The topological polar surface area (TPSA) is 160 Å². The van der Waals surface area contributed by atoms with E-state index in [-0.39, 0.29) is 21.9 Å². The minimum absolute atomic E-state index is 0.000856. The Morgan fingerprint density at radius 3 is 2.73 bits per heavy atom. The number of aromatic nitrogens is 4. The number of β-amino-alcohol motifs (C(OH)–C–C–N with tert-alkyl or cyclic N) is 1. The lowest BCUT2D eigenvalue weighted by Gasteiger charge is -2.33. The Morgan fingerprint density at radius 2 is 2.06 bits per heavy atom. The predicted molar refractivity (Wildman–Crippen MR) is 117 cm³/mol. The predicted octanol–water partition coefficient (Wildman–Crippen LogP) is 1.13. The van der Waals surface area contributed by atoms with E-state index in [9.17, 15) is 23.4 Å². The van der Waals surface area contributed by atoms with Crippen LogP contribution in [-0.4, -0.2) is 71.1 Å². The van der Waals surface area contributed by atoms with Gasteiger partial charge >= 0.3 is 5.97 Å². The molecule has 0 aliphatic carbocycles.